The summed E-state index contributed by atoms with van der Waals surface area (Å²) in [4.78, 5) is 17.3. The number of carbonyl (C=O) groups is 1. The molecule has 0 atom stereocenters. The lowest BCUT2D eigenvalue weighted by atomic mass is 10.1. The summed E-state index contributed by atoms with van der Waals surface area (Å²) in [6.45, 7) is 4.26. The highest BCUT2D eigenvalue weighted by molar-refractivity contribution is 7.14. The summed E-state index contributed by atoms with van der Waals surface area (Å²) in [6, 6.07) is 23.8. The lowest BCUT2D eigenvalue weighted by molar-refractivity contribution is 0.102. The summed E-state index contributed by atoms with van der Waals surface area (Å²) in [7, 11) is 0. The van der Waals surface area contributed by atoms with Crippen LogP contribution in [0, 0.1) is 6.92 Å². The highest BCUT2D eigenvalue weighted by Gasteiger charge is 2.09. The fraction of sp³-hybridized carbons (Fsp3) is 0.185. The first-order chi connectivity index (χ1) is 15.6. The van der Waals surface area contributed by atoms with E-state index in [0.717, 1.165) is 34.2 Å². The van der Waals surface area contributed by atoms with Crippen LogP contribution in [0.4, 0.5) is 16.5 Å². The molecule has 0 saturated carbocycles. The molecule has 1 amide bonds. The standard InChI is InChI=1S/C27H27N3OS/c1-3-4-8-20-10-12-22(13-11-20)26(31)28-23-16-14-21(15-17-23)25-18-32-27(30-25)29-24-9-6-5-7-19(24)2/h5-7,9-18H,3-4,8H2,1-2H3,(H,28,31)(H,29,30). The van der Waals surface area contributed by atoms with Crippen molar-refractivity contribution in [3.05, 3.63) is 94.9 Å². The number of benzene rings is 3. The fourth-order valence-electron chi connectivity index (χ4n) is 3.42. The Balaban J connectivity index is 1.38. The molecule has 0 spiro atoms. The van der Waals surface area contributed by atoms with Crippen LogP contribution in [0.2, 0.25) is 0 Å². The molecule has 162 valence electrons. The van der Waals surface area contributed by atoms with Gasteiger partial charge >= 0.3 is 0 Å². The average molecular weight is 442 g/mol. The molecule has 0 radical (unpaired) electrons. The van der Waals surface area contributed by atoms with E-state index >= 15 is 0 Å². The van der Waals surface area contributed by atoms with Gasteiger partial charge in [0.25, 0.3) is 5.91 Å². The number of nitrogens with zero attached hydrogens (tertiary/aromatic N) is 1. The lowest BCUT2D eigenvalue weighted by Gasteiger charge is -2.07. The number of aromatic nitrogens is 1. The van der Waals surface area contributed by atoms with Gasteiger partial charge < -0.3 is 10.6 Å². The molecule has 4 nitrogen and oxygen atoms in total. The third kappa shape index (κ3) is 5.42. The third-order valence-corrected chi connectivity index (χ3v) is 6.12. The van der Waals surface area contributed by atoms with Crippen molar-refractivity contribution in [2.24, 2.45) is 0 Å². The van der Waals surface area contributed by atoms with Crippen molar-refractivity contribution in [3.8, 4) is 11.3 Å². The first kappa shape index (κ1) is 21.8. The van der Waals surface area contributed by atoms with Gasteiger partial charge in [-0.2, -0.15) is 0 Å². The molecule has 0 aliphatic heterocycles. The monoisotopic (exact) mass is 441 g/mol. The van der Waals surface area contributed by atoms with Gasteiger partial charge in [-0.25, -0.2) is 4.98 Å². The van der Waals surface area contributed by atoms with Gasteiger partial charge in [-0.05, 0) is 61.2 Å². The van der Waals surface area contributed by atoms with E-state index in [9.17, 15) is 4.79 Å². The molecule has 4 rings (SSSR count). The number of aryl methyl sites for hydroxylation is 2. The summed E-state index contributed by atoms with van der Waals surface area (Å²) >= 11 is 1.57. The normalized spacial score (nSPS) is 10.7. The maximum Gasteiger partial charge on any atom is 0.255 e. The predicted octanol–water partition coefficient (Wildman–Crippen LogP) is 7.46. The Morgan fingerprint density at radius 2 is 1.72 bits per heavy atom. The first-order valence-corrected chi connectivity index (χ1v) is 11.8. The van der Waals surface area contributed by atoms with Crippen molar-refractivity contribution in [1.29, 1.82) is 0 Å². The molecule has 0 bridgehead atoms. The molecule has 0 aliphatic carbocycles. The number of hydrogen-bond acceptors (Lipinski definition) is 4. The van der Waals surface area contributed by atoms with Crippen LogP contribution in [0.25, 0.3) is 11.3 Å². The van der Waals surface area contributed by atoms with Crippen LogP contribution in [0.15, 0.2) is 78.2 Å². The Kier molecular flexibility index (Phi) is 6.97. The number of rotatable bonds is 8. The Hall–Kier alpha value is -3.44. The van der Waals surface area contributed by atoms with Crippen molar-refractivity contribution in [2.45, 2.75) is 33.1 Å². The first-order valence-electron chi connectivity index (χ1n) is 10.9. The molecular formula is C27H27N3OS. The number of thiazole rings is 1. The van der Waals surface area contributed by atoms with Gasteiger partial charge in [0.1, 0.15) is 0 Å². The number of hydrogen-bond donors (Lipinski definition) is 2. The maximum atomic E-state index is 12.6. The number of amides is 1. The zero-order valence-electron chi connectivity index (χ0n) is 18.4. The van der Waals surface area contributed by atoms with Crippen molar-refractivity contribution in [2.75, 3.05) is 10.6 Å². The molecule has 3 aromatic carbocycles. The summed E-state index contributed by atoms with van der Waals surface area (Å²) < 4.78 is 0. The minimum atomic E-state index is -0.0989. The van der Waals surface area contributed by atoms with Gasteiger partial charge in [-0.1, -0.05) is 55.8 Å². The van der Waals surface area contributed by atoms with Crippen LogP contribution in [0.1, 0.15) is 41.3 Å². The molecule has 0 aliphatic rings. The second-order valence-corrected chi connectivity index (χ2v) is 8.67. The van der Waals surface area contributed by atoms with E-state index < -0.39 is 0 Å². The third-order valence-electron chi connectivity index (χ3n) is 5.36. The van der Waals surface area contributed by atoms with Crippen LogP contribution < -0.4 is 10.6 Å². The van der Waals surface area contributed by atoms with E-state index in [1.807, 2.05) is 72.1 Å². The molecule has 0 saturated heterocycles. The van der Waals surface area contributed by atoms with Gasteiger partial charge in [0.15, 0.2) is 5.13 Å². The van der Waals surface area contributed by atoms with Gasteiger partial charge in [0, 0.05) is 27.9 Å². The number of nitrogens with one attached hydrogen (secondary N) is 2. The van der Waals surface area contributed by atoms with E-state index in [-0.39, 0.29) is 5.91 Å². The predicted molar refractivity (Wildman–Crippen MR) is 135 cm³/mol. The molecule has 1 heterocycles. The average Bonchev–Trinajstić information content (AvgIpc) is 3.28. The highest BCUT2D eigenvalue weighted by atomic mass is 32.1. The maximum absolute atomic E-state index is 12.6. The zero-order valence-corrected chi connectivity index (χ0v) is 19.2. The second-order valence-electron chi connectivity index (χ2n) is 7.81. The van der Waals surface area contributed by atoms with Gasteiger partial charge in [-0.3, -0.25) is 4.79 Å². The smallest absolute Gasteiger partial charge is 0.255 e. The summed E-state index contributed by atoms with van der Waals surface area (Å²) in [5, 5.41) is 9.25. The van der Waals surface area contributed by atoms with Gasteiger partial charge in [0.05, 0.1) is 5.69 Å². The topological polar surface area (TPSA) is 54.0 Å². The Bertz CT molecular complexity index is 1180. The molecule has 1 aromatic heterocycles. The Labute approximate surface area is 193 Å². The van der Waals surface area contributed by atoms with Crippen LogP contribution in [0.3, 0.4) is 0 Å². The number of anilines is 3. The molecule has 0 fully saturated rings. The minimum absolute atomic E-state index is 0.0989. The SMILES string of the molecule is CCCCc1ccc(C(=O)Nc2ccc(-c3csc(Nc4ccccc4C)n3)cc2)cc1. The Morgan fingerprint density at radius 3 is 2.44 bits per heavy atom. The van der Waals surface area contributed by atoms with Crippen molar-refractivity contribution < 1.29 is 4.79 Å². The van der Waals surface area contributed by atoms with Gasteiger partial charge in [0.2, 0.25) is 0 Å². The number of carbonyl (C=O) groups excluding carboxylic acids is 1. The largest absolute Gasteiger partial charge is 0.331 e. The van der Waals surface area contributed by atoms with E-state index in [0.29, 0.717) is 5.56 Å². The van der Waals surface area contributed by atoms with Crippen molar-refractivity contribution in [1.82, 2.24) is 4.98 Å². The summed E-state index contributed by atoms with van der Waals surface area (Å²) in [6.07, 6.45) is 3.39. The lowest BCUT2D eigenvalue weighted by Crippen LogP contribution is -2.11. The zero-order chi connectivity index (χ0) is 22.3. The quantitative estimate of drug-likeness (QED) is 0.298. The van der Waals surface area contributed by atoms with Crippen LogP contribution in [-0.2, 0) is 6.42 Å². The van der Waals surface area contributed by atoms with Crippen LogP contribution in [0.5, 0.6) is 0 Å². The molecule has 32 heavy (non-hydrogen) atoms. The highest BCUT2D eigenvalue weighted by Crippen LogP contribution is 2.29. The van der Waals surface area contributed by atoms with Crippen molar-refractivity contribution >= 4 is 33.8 Å². The number of para-hydroxylation sites is 1. The second kappa shape index (κ2) is 10.2. The number of unbranched alkanes of at least 4 members (excludes halogenated alkanes) is 1. The van der Waals surface area contributed by atoms with Crippen LogP contribution in [-0.4, -0.2) is 10.9 Å². The Morgan fingerprint density at radius 1 is 0.969 bits per heavy atom. The van der Waals surface area contributed by atoms with Crippen LogP contribution >= 0.6 is 11.3 Å². The molecule has 0 unspecified atom stereocenters. The van der Waals surface area contributed by atoms with E-state index in [1.165, 1.54) is 24.0 Å². The van der Waals surface area contributed by atoms with E-state index in [2.05, 4.69) is 30.5 Å². The van der Waals surface area contributed by atoms with E-state index in [4.69, 9.17) is 4.98 Å². The van der Waals surface area contributed by atoms with E-state index in [1.54, 1.807) is 11.3 Å². The molecule has 4 aromatic rings. The minimum Gasteiger partial charge on any atom is -0.331 e. The van der Waals surface area contributed by atoms with Gasteiger partial charge in [-0.15, -0.1) is 11.3 Å². The fourth-order valence-corrected chi connectivity index (χ4v) is 4.16. The molecule has 2 N–H and O–H groups in total. The molecular weight excluding hydrogens is 414 g/mol. The summed E-state index contributed by atoms with van der Waals surface area (Å²) in [5.41, 5.74) is 6.86. The summed E-state index contributed by atoms with van der Waals surface area (Å²) in [5.74, 6) is -0.0989. The molecule has 5 heteroatoms. The van der Waals surface area contributed by atoms with Crippen molar-refractivity contribution in [3.63, 3.8) is 0 Å².